The SMILES string of the molecule is CCCc1nnsc1C(=O)N(CCBr)CC(F)F. The van der Waals surface area contributed by atoms with Gasteiger partial charge in [0.25, 0.3) is 12.3 Å². The Morgan fingerprint density at radius 1 is 1.56 bits per heavy atom. The van der Waals surface area contributed by atoms with E-state index in [0.717, 1.165) is 22.9 Å². The van der Waals surface area contributed by atoms with Crippen LogP contribution in [0.3, 0.4) is 0 Å². The minimum absolute atomic E-state index is 0.243. The first-order valence-corrected chi connectivity index (χ1v) is 7.44. The fourth-order valence-electron chi connectivity index (χ4n) is 1.46. The Labute approximate surface area is 117 Å². The number of carbonyl (C=O) groups is 1. The molecule has 1 rings (SSSR count). The maximum atomic E-state index is 12.4. The van der Waals surface area contributed by atoms with Gasteiger partial charge in [0.05, 0.1) is 12.2 Å². The standard InChI is InChI=1S/C10H14BrF2N3OS/c1-2-3-7-9(18-15-14-7)10(17)16(5-4-11)6-8(12)13/h8H,2-6H2,1H3. The highest BCUT2D eigenvalue weighted by atomic mass is 79.9. The molecule has 0 unspecified atom stereocenters. The molecule has 0 aliphatic rings. The lowest BCUT2D eigenvalue weighted by Crippen LogP contribution is -2.36. The number of aryl methyl sites for hydroxylation is 1. The highest BCUT2D eigenvalue weighted by molar-refractivity contribution is 9.09. The monoisotopic (exact) mass is 341 g/mol. The van der Waals surface area contributed by atoms with Crippen LogP contribution in [0, 0.1) is 0 Å². The number of nitrogens with zero attached hydrogens (tertiary/aromatic N) is 3. The number of halogens is 3. The van der Waals surface area contributed by atoms with Gasteiger partial charge in [-0.3, -0.25) is 4.79 Å². The fraction of sp³-hybridized carbons (Fsp3) is 0.700. The van der Waals surface area contributed by atoms with Crippen LogP contribution in [0.4, 0.5) is 8.78 Å². The Hall–Kier alpha value is -0.630. The predicted octanol–water partition coefficient (Wildman–Crippen LogP) is 2.59. The molecule has 0 spiro atoms. The molecule has 0 aliphatic heterocycles. The lowest BCUT2D eigenvalue weighted by atomic mass is 10.2. The van der Waals surface area contributed by atoms with Crippen molar-refractivity contribution in [1.29, 1.82) is 0 Å². The molecule has 0 fully saturated rings. The van der Waals surface area contributed by atoms with Gasteiger partial charge in [-0.2, -0.15) is 0 Å². The summed E-state index contributed by atoms with van der Waals surface area (Å²) in [7, 11) is 0. The number of aromatic nitrogens is 2. The van der Waals surface area contributed by atoms with Gasteiger partial charge in [0.1, 0.15) is 4.88 Å². The smallest absolute Gasteiger partial charge is 0.267 e. The molecule has 0 N–H and O–H groups in total. The molecule has 18 heavy (non-hydrogen) atoms. The maximum absolute atomic E-state index is 12.4. The Bertz CT molecular complexity index is 389. The molecule has 0 radical (unpaired) electrons. The van der Waals surface area contributed by atoms with E-state index >= 15 is 0 Å². The van der Waals surface area contributed by atoms with E-state index in [1.807, 2.05) is 6.92 Å². The summed E-state index contributed by atoms with van der Waals surface area (Å²) in [5, 5.41) is 4.33. The molecule has 1 heterocycles. The Balaban J connectivity index is 2.83. The van der Waals surface area contributed by atoms with E-state index in [9.17, 15) is 13.6 Å². The summed E-state index contributed by atoms with van der Waals surface area (Å²) in [6, 6.07) is 0. The molecule has 1 aromatic rings. The molecule has 8 heteroatoms. The van der Waals surface area contributed by atoms with Crippen LogP contribution in [0.5, 0.6) is 0 Å². The summed E-state index contributed by atoms with van der Waals surface area (Å²) in [4.78, 5) is 13.6. The van der Waals surface area contributed by atoms with E-state index < -0.39 is 18.9 Å². The average molecular weight is 342 g/mol. The van der Waals surface area contributed by atoms with Crippen LogP contribution in [0.25, 0.3) is 0 Å². The number of hydrogen-bond acceptors (Lipinski definition) is 4. The molecule has 1 aromatic heterocycles. The van der Waals surface area contributed by atoms with Crippen molar-refractivity contribution in [2.45, 2.75) is 26.2 Å². The van der Waals surface area contributed by atoms with Gasteiger partial charge in [0.15, 0.2) is 0 Å². The largest absolute Gasteiger partial charge is 0.331 e. The summed E-state index contributed by atoms with van der Waals surface area (Å²) >= 11 is 4.12. The van der Waals surface area contributed by atoms with Crippen LogP contribution in [-0.4, -0.2) is 45.2 Å². The molecular formula is C10H14BrF2N3OS. The van der Waals surface area contributed by atoms with Gasteiger partial charge in [0, 0.05) is 11.9 Å². The molecule has 1 amide bonds. The highest BCUT2D eigenvalue weighted by Gasteiger charge is 2.23. The van der Waals surface area contributed by atoms with Crippen LogP contribution >= 0.6 is 27.5 Å². The van der Waals surface area contributed by atoms with Gasteiger partial charge in [-0.15, -0.1) is 5.10 Å². The van der Waals surface area contributed by atoms with E-state index in [0.29, 0.717) is 22.3 Å². The fourth-order valence-corrected chi connectivity index (χ4v) is 2.56. The number of alkyl halides is 3. The van der Waals surface area contributed by atoms with E-state index in [1.54, 1.807) is 0 Å². The molecule has 0 atom stereocenters. The second-order valence-corrected chi connectivity index (χ2v) is 5.18. The van der Waals surface area contributed by atoms with E-state index in [2.05, 4.69) is 25.5 Å². The lowest BCUT2D eigenvalue weighted by molar-refractivity contribution is 0.0575. The van der Waals surface area contributed by atoms with Crippen molar-refractivity contribution >= 4 is 33.4 Å². The summed E-state index contributed by atoms with van der Waals surface area (Å²) < 4.78 is 28.6. The van der Waals surface area contributed by atoms with Crippen LogP contribution in [0.2, 0.25) is 0 Å². The van der Waals surface area contributed by atoms with E-state index in [1.165, 1.54) is 0 Å². The average Bonchev–Trinajstić information content (AvgIpc) is 2.76. The Morgan fingerprint density at radius 3 is 2.83 bits per heavy atom. The van der Waals surface area contributed by atoms with E-state index in [-0.39, 0.29) is 6.54 Å². The van der Waals surface area contributed by atoms with Crippen molar-refractivity contribution in [3.63, 3.8) is 0 Å². The Kier molecular flexibility index (Phi) is 6.62. The molecule has 0 saturated carbocycles. The minimum Gasteiger partial charge on any atom is -0.331 e. The molecule has 0 aromatic carbocycles. The summed E-state index contributed by atoms with van der Waals surface area (Å²) in [6.07, 6.45) is -1.07. The molecule has 4 nitrogen and oxygen atoms in total. The van der Waals surface area contributed by atoms with Gasteiger partial charge < -0.3 is 4.90 Å². The predicted molar refractivity (Wildman–Crippen MR) is 69.6 cm³/mol. The van der Waals surface area contributed by atoms with Crippen molar-refractivity contribution in [3.05, 3.63) is 10.6 Å². The Morgan fingerprint density at radius 2 is 2.28 bits per heavy atom. The normalized spacial score (nSPS) is 10.9. The second kappa shape index (κ2) is 7.73. The lowest BCUT2D eigenvalue weighted by Gasteiger charge is -2.20. The summed E-state index contributed by atoms with van der Waals surface area (Å²) in [5.74, 6) is -0.409. The first kappa shape index (κ1) is 15.4. The zero-order valence-electron chi connectivity index (χ0n) is 9.90. The third kappa shape index (κ3) is 4.24. The topological polar surface area (TPSA) is 46.1 Å². The van der Waals surface area contributed by atoms with Crippen molar-refractivity contribution < 1.29 is 13.6 Å². The van der Waals surface area contributed by atoms with Gasteiger partial charge in [-0.05, 0) is 18.0 Å². The highest BCUT2D eigenvalue weighted by Crippen LogP contribution is 2.16. The van der Waals surface area contributed by atoms with Crippen molar-refractivity contribution in [3.8, 4) is 0 Å². The van der Waals surface area contributed by atoms with E-state index in [4.69, 9.17) is 0 Å². The van der Waals surface area contributed by atoms with Crippen molar-refractivity contribution in [2.24, 2.45) is 0 Å². The van der Waals surface area contributed by atoms with Crippen LogP contribution in [0.1, 0.15) is 28.7 Å². The van der Waals surface area contributed by atoms with Crippen LogP contribution in [0.15, 0.2) is 0 Å². The van der Waals surface area contributed by atoms with Gasteiger partial charge >= 0.3 is 0 Å². The van der Waals surface area contributed by atoms with Gasteiger partial charge in [-0.1, -0.05) is 33.8 Å². The summed E-state index contributed by atoms with van der Waals surface area (Å²) in [6.45, 7) is 1.64. The summed E-state index contributed by atoms with van der Waals surface area (Å²) in [5.41, 5.74) is 0.598. The molecule has 0 bridgehead atoms. The van der Waals surface area contributed by atoms with Gasteiger partial charge in [-0.25, -0.2) is 8.78 Å². The molecule has 102 valence electrons. The number of hydrogen-bond donors (Lipinski definition) is 0. The maximum Gasteiger partial charge on any atom is 0.267 e. The number of carbonyl (C=O) groups excluding carboxylic acids is 1. The number of amides is 1. The molecule has 0 saturated heterocycles. The molecule has 0 aliphatic carbocycles. The quantitative estimate of drug-likeness (QED) is 0.716. The zero-order valence-corrected chi connectivity index (χ0v) is 12.3. The number of rotatable bonds is 7. The van der Waals surface area contributed by atoms with Crippen LogP contribution < -0.4 is 0 Å². The third-order valence-corrected chi connectivity index (χ3v) is 3.35. The van der Waals surface area contributed by atoms with Crippen molar-refractivity contribution in [1.82, 2.24) is 14.5 Å². The minimum atomic E-state index is -2.54. The molecular weight excluding hydrogens is 328 g/mol. The van der Waals surface area contributed by atoms with Crippen LogP contribution in [-0.2, 0) is 6.42 Å². The zero-order chi connectivity index (χ0) is 13.5. The van der Waals surface area contributed by atoms with Gasteiger partial charge in [0.2, 0.25) is 0 Å². The first-order chi connectivity index (χ1) is 8.60. The van der Waals surface area contributed by atoms with Crippen molar-refractivity contribution in [2.75, 3.05) is 18.4 Å². The third-order valence-electron chi connectivity index (χ3n) is 2.24. The first-order valence-electron chi connectivity index (χ1n) is 5.54. The second-order valence-electron chi connectivity index (χ2n) is 3.63.